The quantitative estimate of drug-likeness (QED) is 0.687. The number of nitrogens with one attached hydrogen (secondary N) is 1. The number of aromatic nitrogens is 2. The number of methoxy groups -OCH3 is 1. The Morgan fingerprint density at radius 1 is 1.53 bits per heavy atom. The van der Waals surface area contributed by atoms with E-state index in [1.165, 1.54) is 7.11 Å². The average molecular weight is 240 g/mol. The molecule has 1 aromatic heterocycles. The van der Waals surface area contributed by atoms with Crippen molar-refractivity contribution in [3.05, 3.63) is 6.07 Å². The second kappa shape index (κ2) is 5.67. The number of nitrogens with two attached hydrogens (primary N) is 1. The second-order valence-corrected chi connectivity index (χ2v) is 4.17. The fourth-order valence-corrected chi connectivity index (χ4v) is 1.50. The first-order chi connectivity index (χ1) is 8.03. The highest BCUT2D eigenvalue weighted by molar-refractivity contribution is 5.44. The minimum Gasteiger partial charge on any atom is -0.481 e. The van der Waals surface area contributed by atoms with Gasteiger partial charge in [-0.3, -0.25) is 0 Å². The summed E-state index contributed by atoms with van der Waals surface area (Å²) in [6.45, 7) is 4.19. The highest BCUT2D eigenvalue weighted by Crippen LogP contribution is 2.22. The Morgan fingerprint density at radius 2 is 2.24 bits per heavy atom. The van der Waals surface area contributed by atoms with E-state index in [4.69, 9.17) is 15.6 Å². The Kier molecular flexibility index (Phi) is 4.51. The monoisotopic (exact) mass is 240 g/mol. The van der Waals surface area contributed by atoms with Gasteiger partial charge in [0.25, 0.3) is 0 Å². The Bertz CT molecular complexity index is 372. The Morgan fingerprint density at radius 3 is 2.76 bits per heavy atom. The van der Waals surface area contributed by atoms with E-state index in [1.807, 2.05) is 13.8 Å². The third kappa shape index (κ3) is 3.74. The van der Waals surface area contributed by atoms with Crippen molar-refractivity contribution in [2.45, 2.75) is 32.2 Å². The van der Waals surface area contributed by atoms with Gasteiger partial charge in [-0.05, 0) is 19.8 Å². The fraction of sp³-hybridized carbons (Fsp3) is 0.636. The van der Waals surface area contributed by atoms with E-state index in [9.17, 15) is 0 Å². The van der Waals surface area contributed by atoms with Crippen molar-refractivity contribution < 1.29 is 9.84 Å². The predicted octanol–water partition coefficient (Wildman–Crippen LogP) is 1.03. The molecule has 17 heavy (non-hydrogen) atoms. The number of aliphatic hydroxyl groups excluding tert-OH is 1. The molecular weight excluding hydrogens is 220 g/mol. The summed E-state index contributed by atoms with van der Waals surface area (Å²) in [6, 6.07) is 1.68. The minimum atomic E-state index is -0.222. The number of anilines is 2. The fourth-order valence-electron chi connectivity index (χ4n) is 1.50. The van der Waals surface area contributed by atoms with Crippen molar-refractivity contribution in [3.8, 4) is 5.88 Å². The van der Waals surface area contributed by atoms with Crippen LogP contribution in [-0.4, -0.2) is 34.3 Å². The molecule has 4 N–H and O–H groups in total. The number of hydrogen-bond acceptors (Lipinski definition) is 6. The molecule has 0 spiro atoms. The maximum atomic E-state index is 9.04. The van der Waals surface area contributed by atoms with Crippen LogP contribution in [0.3, 0.4) is 0 Å². The van der Waals surface area contributed by atoms with Crippen LogP contribution >= 0.6 is 0 Å². The standard InChI is InChI=1S/C11H20N4O2/c1-4-11(2,5-6-16)15-8-7-9(17-3)14-10(12)13-8/h7,16H,4-6H2,1-3H3,(H3,12,13,14,15). The first-order valence-electron chi connectivity index (χ1n) is 5.60. The third-order valence-electron chi connectivity index (χ3n) is 2.80. The zero-order valence-electron chi connectivity index (χ0n) is 10.5. The van der Waals surface area contributed by atoms with Crippen LogP contribution in [0.25, 0.3) is 0 Å². The van der Waals surface area contributed by atoms with Gasteiger partial charge in [0, 0.05) is 18.2 Å². The zero-order valence-corrected chi connectivity index (χ0v) is 10.5. The summed E-state index contributed by atoms with van der Waals surface area (Å²) in [7, 11) is 1.53. The predicted molar refractivity (Wildman–Crippen MR) is 67.0 cm³/mol. The average Bonchev–Trinajstić information content (AvgIpc) is 2.28. The molecule has 1 heterocycles. The van der Waals surface area contributed by atoms with Gasteiger partial charge in [0.1, 0.15) is 5.82 Å². The second-order valence-electron chi connectivity index (χ2n) is 4.17. The summed E-state index contributed by atoms with van der Waals surface area (Å²) in [5, 5.41) is 12.3. The molecule has 0 aliphatic carbocycles. The van der Waals surface area contributed by atoms with E-state index in [-0.39, 0.29) is 18.1 Å². The van der Waals surface area contributed by atoms with Crippen molar-refractivity contribution in [2.75, 3.05) is 24.8 Å². The number of rotatable bonds is 6. The van der Waals surface area contributed by atoms with Crippen LogP contribution in [0.5, 0.6) is 5.88 Å². The van der Waals surface area contributed by atoms with Crippen LogP contribution in [0, 0.1) is 0 Å². The molecule has 6 heteroatoms. The molecule has 0 radical (unpaired) electrons. The van der Waals surface area contributed by atoms with Crippen LogP contribution in [0.1, 0.15) is 26.7 Å². The molecule has 0 bridgehead atoms. The van der Waals surface area contributed by atoms with Crippen LogP contribution in [0.4, 0.5) is 11.8 Å². The van der Waals surface area contributed by atoms with Crippen molar-refractivity contribution in [1.82, 2.24) is 9.97 Å². The molecule has 0 amide bonds. The summed E-state index contributed by atoms with van der Waals surface area (Å²) in [5.41, 5.74) is 5.36. The lowest BCUT2D eigenvalue weighted by Crippen LogP contribution is -2.35. The van der Waals surface area contributed by atoms with E-state index < -0.39 is 0 Å². The molecule has 0 aromatic carbocycles. The molecule has 0 aliphatic rings. The van der Waals surface area contributed by atoms with Crippen LogP contribution < -0.4 is 15.8 Å². The van der Waals surface area contributed by atoms with Gasteiger partial charge in [0.2, 0.25) is 11.8 Å². The molecule has 0 saturated carbocycles. The number of aliphatic hydroxyl groups is 1. The normalized spacial score (nSPS) is 14.1. The lowest BCUT2D eigenvalue weighted by atomic mass is 9.95. The van der Waals surface area contributed by atoms with Crippen molar-refractivity contribution >= 4 is 11.8 Å². The van der Waals surface area contributed by atoms with Gasteiger partial charge in [0.15, 0.2) is 0 Å². The molecule has 1 rings (SSSR count). The first-order valence-corrected chi connectivity index (χ1v) is 5.60. The van der Waals surface area contributed by atoms with E-state index in [2.05, 4.69) is 15.3 Å². The third-order valence-corrected chi connectivity index (χ3v) is 2.80. The van der Waals surface area contributed by atoms with E-state index in [1.54, 1.807) is 6.07 Å². The number of nitrogens with zero attached hydrogens (tertiary/aromatic N) is 2. The van der Waals surface area contributed by atoms with Crippen molar-refractivity contribution in [2.24, 2.45) is 0 Å². The van der Waals surface area contributed by atoms with E-state index in [0.717, 1.165) is 6.42 Å². The zero-order chi connectivity index (χ0) is 12.9. The summed E-state index contributed by atoms with van der Waals surface area (Å²) in [4.78, 5) is 8.00. The molecule has 0 aliphatic heterocycles. The Balaban J connectivity index is 2.89. The molecule has 0 fully saturated rings. The van der Waals surface area contributed by atoms with Gasteiger partial charge in [-0.15, -0.1) is 0 Å². The van der Waals surface area contributed by atoms with Gasteiger partial charge in [-0.25, -0.2) is 0 Å². The number of nitrogen functional groups attached to an aromatic ring is 1. The first kappa shape index (κ1) is 13.5. The molecule has 0 saturated heterocycles. The summed E-state index contributed by atoms with van der Waals surface area (Å²) >= 11 is 0. The summed E-state index contributed by atoms with van der Waals surface area (Å²) < 4.78 is 5.02. The Labute approximate surface area is 101 Å². The highest BCUT2D eigenvalue weighted by atomic mass is 16.5. The van der Waals surface area contributed by atoms with E-state index >= 15 is 0 Å². The maximum absolute atomic E-state index is 9.04. The van der Waals surface area contributed by atoms with Gasteiger partial charge in [-0.2, -0.15) is 9.97 Å². The lowest BCUT2D eigenvalue weighted by Gasteiger charge is -2.29. The maximum Gasteiger partial charge on any atom is 0.225 e. The van der Waals surface area contributed by atoms with Crippen molar-refractivity contribution in [3.63, 3.8) is 0 Å². The smallest absolute Gasteiger partial charge is 0.225 e. The largest absolute Gasteiger partial charge is 0.481 e. The number of ether oxygens (including phenoxy) is 1. The number of hydrogen-bond donors (Lipinski definition) is 3. The summed E-state index contributed by atoms with van der Waals surface area (Å²) in [5.74, 6) is 1.18. The van der Waals surface area contributed by atoms with Crippen LogP contribution in [0.2, 0.25) is 0 Å². The topological polar surface area (TPSA) is 93.3 Å². The minimum absolute atomic E-state index is 0.120. The molecule has 6 nitrogen and oxygen atoms in total. The molecule has 1 aromatic rings. The summed E-state index contributed by atoms with van der Waals surface area (Å²) in [6.07, 6.45) is 1.50. The van der Waals surface area contributed by atoms with E-state index in [0.29, 0.717) is 18.1 Å². The molecule has 1 atom stereocenters. The molecule has 1 unspecified atom stereocenters. The van der Waals surface area contributed by atoms with Gasteiger partial charge < -0.3 is 20.9 Å². The SMILES string of the molecule is CCC(C)(CCO)Nc1cc(OC)nc(N)n1. The Hall–Kier alpha value is -1.56. The molecule has 96 valence electrons. The van der Waals surface area contributed by atoms with Crippen LogP contribution in [-0.2, 0) is 0 Å². The van der Waals surface area contributed by atoms with Crippen molar-refractivity contribution in [1.29, 1.82) is 0 Å². The lowest BCUT2D eigenvalue weighted by molar-refractivity contribution is 0.251. The van der Waals surface area contributed by atoms with Gasteiger partial charge >= 0.3 is 0 Å². The van der Waals surface area contributed by atoms with Gasteiger partial charge in [-0.1, -0.05) is 6.92 Å². The highest BCUT2D eigenvalue weighted by Gasteiger charge is 2.22. The molecular formula is C11H20N4O2. The van der Waals surface area contributed by atoms with Crippen LogP contribution in [0.15, 0.2) is 6.07 Å². The van der Waals surface area contributed by atoms with Gasteiger partial charge in [0.05, 0.1) is 7.11 Å².